The summed E-state index contributed by atoms with van der Waals surface area (Å²) >= 11 is 0. The normalized spacial score (nSPS) is 20.7. The first-order valence-electron chi connectivity index (χ1n) is 18.5. The minimum atomic E-state index is -0.792. The zero-order valence-corrected chi connectivity index (χ0v) is 30.4. The molecule has 0 bridgehead atoms. The first-order chi connectivity index (χ1) is 25.4. The van der Waals surface area contributed by atoms with E-state index >= 15 is 0 Å². The number of benzene rings is 5. The highest BCUT2D eigenvalue weighted by molar-refractivity contribution is 5.76. The van der Waals surface area contributed by atoms with Crippen molar-refractivity contribution in [1.82, 2.24) is 0 Å². The third-order valence-electron chi connectivity index (χ3n) is 10.1. The Morgan fingerprint density at radius 2 is 1.17 bits per heavy atom. The zero-order valence-electron chi connectivity index (χ0n) is 30.4. The standard InChI is InChI=1S/C46H50O6/c1-4-40(46(47)48)37-25-22-33(23-26-37)27-39-28-38(24-21-32(39)3)42-44(50-30-35-17-11-7-12-18-35)45(51-31-36-19-13-8-14-20-36)43(41(5-2)52-42)49-29-34-15-9-6-10-16-34/h6-26,28,40-45H,4-5,27,29-31H2,1-3H3,(H,47,48)/t40?,41-,42+,43-,44+,45+/m1/s1. The summed E-state index contributed by atoms with van der Waals surface area (Å²) in [7, 11) is 0. The van der Waals surface area contributed by atoms with E-state index in [4.69, 9.17) is 18.9 Å². The van der Waals surface area contributed by atoms with Crippen molar-refractivity contribution >= 4 is 5.97 Å². The Kier molecular flexibility index (Phi) is 13.0. The van der Waals surface area contributed by atoms with Crippen LogP contribution in [0.5, 0.6) is 0 Å². The van der Waals surface area contributed by atoms with E-state index in [1.807, 2.05) is 85.8 Å². The van der Waals surface area contributed by atoms with Crippen LogP contribution in [-0.2, 0) is 50.0 Å². The molecule has 5 aromatic carbocycles. The number of hydrogen-bond acceptors (Lipinski definition) is 5. The van der Waals surface area contributed by atoms with Crippen LogP contribution in [0.4, 0.5) is 0 Å². The van der Waals surface area contributed by atoms with Gasteiger partial charge in [-0.2, -0.15) is 0 Å². The van der Waals surface area contributed by atoms with Gasteiger partial charge in [-0.05, 0) is 70.7 Å². The molecule has 1 saturated heterocycles. The lowest BCUT2D eigenvalue weighted by Crippen LogP contribution is -2.57. The van der Waals surface area contributed by atoms with Gasteiger partial charge in [-0.1, -0.05) is 147 Å². The van der Waals surface area contributed by atoms with Crippen molar-refractivity contribution in [3.8, 4) is 0 Å². The van der Waals surface area contributed by atoms with Crippen molar-refractivity contribution in [2.45, 2.75) is 96.3 Å². The average Bonchev–Trinajstić information content (AvgIpc) is 3.18. The van der Waals surface area contributed by atoms with Crippen molar-refractivity contribution in [2.75, 3.05) is 0 Å². The van der Waals surface area contributed by atoms with Crippen molar-refractivity contribution in [3.63, 3.8) is 0 Å². The zero-order chi connectivity index (χ0) is 36.3. The van der Waals surface area contributed by atoms with Crippen LogP contribution in [0.1, 0.15) is 83.2 Å². The van der Waals surface area contributed by atoms with Gasteiger partial charge in [-0.25, -0.2) is 0 Å². The second kappa shape index (κ2) is 18.3. The Labute approximate surface area is 308 Å². The molecule has 1 aliphatic rings. The molecule has 270 valence electrons. The Balaban J connectivity index is 1.33. The summed E-state index contributed by atoms with van der Waals surface area (Å²) in [5.41, 5.74) is 8.58. The van der Waals surface area contributed by atoms with Crippen LogP contribution >= 0.6 is 0 Å². The van der Waals surface area contributed by atoms with Crippen LogP contribution in [0.25, 0.3) is 0 Å². The average molecular weight is 699 g/mol. The van der Waals surface area contributed by atoms with Crippen molar-refractivity contribution in [2.24, 2.45) is 0 Å². The maximum absolute atomic E-state index is 11.8. The van der Waals surface area contributed by atoms with Gasteiger partial charge < -0.3 is 24.1 Å². The van der Waals surface area contributed by atoms with Crippen molar-refractivity contribution < 1.29 is 28.8 Å². The smallest absolute Gasteiger partial charge is 0.310 e. The van der Waals surface area contributed by atoms with E-state index in [1.54, 1.807) is 0 Å². The summed E-state index contributed by atoms with van der Waals surface area (Å²) in [5, 5.41) is 9.65. The van der Waals surface area contributed by atoms with Crippen LogP contribution in [0.3, 0.4) is 0 Å². The quantitative estimate of drug-likeness (QED) is 0.111. The second-order valence-electron chi connectivity index (χ2n) is 13.7. The number of aryl methyl sites for hydroxylation is 1. The fourth-order valence-electron chi connectivity index (χ4n) is 7.08. The van der Waals surface area contributed by atoms with Crippen molar-refractivity contribution in [3.05, 3.63) is 178 Å². The molecule has 0 aromatic heterocycles. The minimum absolute atomic E-state index is 0.232. The third-order valence-corrected chi connectivity index (χ3v) is 10.1. The molecule has 1 N–H and O–H groups in total. The number of carboxylic acids is 1. The molecule has 1 aliphatic heterocycles. The fraction of sp³-hybridized carbons (Fsp3) is 0.326. The molecule has 0 aliphatic carbocycles. The predicted octanol–water partition coefficient (Wildman–Crippen LogP) is 9.77. The first-order valence-corrected chi connectivity index (χ1v) is 18.5. The van der Waals surface area contributed by atoms with E-state index in [2.05, 4.69) is 68.4 Å². The van der Waals surface area contributed by atoms with E-state index < -0.39 is 30.2 Å². The van der Waals surface area contributed by atoms with Gasteiger partial charge in [0.2, 0.25) is 0 Å². The molecule has 0 amide bonds. The summed E-state index contributed by atoms with van der Waals surface area (Å²) < 4.78 is 27.6. The van der Waals surface area contributed by atoms with Crippen LogP contribution < -0.4 is 0 Å². The number of aliphatic carboxylic acids is 1. The molecule has 1 unspecified atom stereocenters. The summed E-state index contributed by atoms with van der Waals surface area (Å²) in [6.45, 7) is 7.43. The fourth-order valence-corrected chi connectivity index (χ4v) is 7.08. The summed E-state index contributed by atoms with van der Waals surface area (Å²) in [6, 6.07) is 45.2. The maximum Gasteiger partial charge on any atom is 0.310 e. The lowest BCUT2D eigenvalue weighted by atomic mass is 9.87. The molecular weight excluding hydrogens is 648 g/mol. The highest BCUT2D eigenvalue weighted by atomic mass is 16.6. The summed E-state index contributed by atoms with van der Waals surface area (Å²) in [6.07, 6.45) is 0.105. The highest BCUT2D eigenvalue weighted by Gasteiger charge is 2.48. The van der Waals surface area contributed by atoms with Crippen LogP contribution in [0.2, 0.25) is 0 Å². The van der Waals surface area contributed by atoms with Gasteiger partial charge in [0.25, 0.3) is 0 Å². The Morgan fingerprint density at radius 3 is 1.67 bits per heavy atom. The van der Waals surface area contributed by atoms with Gasteiger partial charge >= 0.3 is 5.97 Å². The molecule has 0 radical (unpaired) electrons. The van der Waals surface area contributed by atoms with Crippen molar-refractivity contribution in [1.29, 1.82) is 0 Å². The van der Waals surface area contributed by atoms with Crippen LogP contribution in [0, 0.1) is 6.92 Å². The number of carboxylic acid groups (broad SMARTS) is 1. The molecule has 1 heterocycles. The molecule has 0 spiro atoms. The molecule has 52 heavy (non-hydrogen) atoms. The number of ether oxygens (including phenoxy) is 4. The highest BCUT2D eigenvalue weighted by Crippen LogP contribution is 2.40. The number of hydrogen-bond donors (Lipinski definition) is 1. The van der Waals surface area contributed by atoms with Gasteiger partial charge in [0.05, 0.1) is 31.8 Å². The second-order valence-corrected chi connectivity index (χ2v) is 13.7. The SMILES string of the molecule is CCC(C(=O)O)c1ccc(Cc2cc([C@@H]3O[C@H](CC)[C@@H](OCc4ccccc4)[C@H](OCc4ccccc4)[C@H]3OCc3ccccc3)ccc2C)cc1. The molecule has 6 rings (SSSR count). The summed E-state index contributed by atoms with van der Waals surface area (Å²) in [5.74, 6) is -1.29. The molecule has 6 nitrogen and oxygen atoms in total. The maximum atomic E-state index is 11.8. The lowest BCUT2D eigenvalue weighted by molar-refractivity contribution is -0.267. The Hall–Kier alpha value is -4.59. The molecule has 6 atom stereocenters. The molecule has 6 heteroatoms. The molecule has 5 aromatic rings. The van der Waals surface area contributed by atoms with E-state index in [-0.39, 0.29) is 12.2 Å². The van der Waals surface area contributed by atoms with Gasteiger partial charge in [-0.3, -0.25) is 4.79 Å². The third kappa shape index (κ3) is 9.44. The van der Waals surface area contributed by atoms with E-state index in [1.165, 1.54) is 11.1 Å². The predicted molar refractivity (Wildman–Crippen MR) is 204 cm³/mol. The lowest BCUT2D eigenvalue weighted by Gasteiger charge is -2.46. The first kappa shape index (κ1) is 37.2. The molecule has 0 saturated carbocycles. The van der Waals surface area contributed by atoms with Gasteiger partial charge in [-0.15, -0.1) is 0 Å². The van der Waals surface area contributed by atoms with Crippen LogP contribution in [0.15, 0.2) is 133 Å². The molecule has 1 fully saturated rings. The van der Waals surface area contributed by atoms with Gasteiger partial charge in [0.15, 0.2) is 0 Å². The summed E-state index contributed by atoms with van der Waals surface area (Å²) in [4.78, 5) is 11.8. The largest absolute Gasteiger partial charge is 0.481 e. The van der Waals surface area contributed by atoms with E-state index in [9.17, 15) is 9.90 Å². The van der Waals surface area contributed by atoms with Gasteiger partial charge in [0, 0.05) is 0 Å². The van der Waals surface area contributed by atoms with E-state index in [0.29, 0.717) is 32.7 Å². The number of rotatable bonds is 16. The Bertz CT molecular complexity index is 1830. The minimum Gasteiger partial charge on any atom is -0.481 e. The Morgan fingerprint density at radius 1 is 0.654 bits per heavy atom. The van der Waals surface area contributed by atoms with E-state index in [0.717, 1.165) is 39.8 Å². The van der Waals surface area contributed by atoms with Gasteiger partial charge in [0.1, 0.15) is 24.4 Å². The monoisotopic (exact) mass is 698 g/mol. The topological polar surface area (TPSA) is 74.2 Å². The number of carbonyl (C=O) groups is 1. The van der Waals surface area contributed by atoms with Crippen LogP contribution in [-0.4, -0.2) is 35.5 Å². The molecular formula is C46H50O6.